The molecule has 1 aliphatic rings. The number of hydrogen-bond donors (Lipinski definition) is 1. The fourth-order valence-corrected chi connectivity index (χ4v) is 3.99. The Hall–Kier alpha value is -2.38. The van der Waals surface area contributed by atoms with Crippen LogP contribution >= 0.6 is 23.7 Å². The first-order valence-electron chi connectivity index (χ1n) is 8.05. The minimum Gasteiger partial charge on any atom is -0.367 e. The number of anilines is 1. The summed E-state index contributed by atoms with van der Waals surface area (Å²) >= 11 is 1.65. The largest absolute Gasteiger partial charge is 0.367 e. The fraction of sp³-hybridized carbons (Fsp3) is 0.222. The highest BCUT2D eigenvalue weighted by Crippen LogP contribution is 2.34. The van der Waals surface area contributed by atoms with Gasteiger partial charge in [-0.1, -0.05) is 0 Å². The van der Waals surface area contributed by atoms with E-state index in [4.69, 9.17) is 10.7 Å². The number of rotatable bonds is 2. The van der Waals surface area contributed by atoms with Crippen molar-refractivity contribution < 1.29 is 9.18 Å². The topological polar surface area (TPSA) is 62.5 Å². The first-order chi connectivity index (χ1) is 12.1. The van der Waals surface area contributed by atoms with Gasteiger partial charge in [-0.15, -0.1) is 23.7 Å². The SMILES string of the molecule is Cl.NC(=O)N1CCN(c2cc(-c3ccc(F)cc3)nc3ccsc23)CC1. The molecule has 4 rings (SSSR count). The van der Waals surface area contributed by atoms with E-state index in [0.717, 1.165) is 40.3 Å². The predicted molar refractivity (Wildman–Crippen MR) is 106 cm³/mol. The number of primary amides is 1. The van der Waals surface area contributed by atoms with Gasteiger partial charge < -0.3 is 15.5 Å². The van der Waals surface area contributed by atoms with Crippen molar-refractivity contribution >= 4 is 45.7 Å². The number of urea groups is 1. The zero-order chi connectivity index (χ0) is 17.4. The summed E-state index contributed by atoms with van der Waals surface area (Å²) < 4.78 is 14.3. The zero-order valence-corrected chi connectivity index (χ0v) is 15.5. The average Bonchev–Trinajstić information content (AvgIpc) is 3.10. The third-order valence-corrected chi connectivity index (χ3v) is 5.39. The van der Waals surface area contributed by atoms with E-state index in [-0.39, 0.29) is 24.3 Å². The van der Waals surface area contributed by atoms with Crippen LogP contribution in [0.25, 0.3) is 21.5 Å². The van der Waals surface area contributed by atoms with Crippen LogP contribution in [-0.4, -0.2) is 42.1 Å². The van der Waals surface area contributed by atoms with Crippen molar-refractivity contribution in [3.63, 3.8) is 0 Å². The van der Waals surface area contributed by atoms with E-state index in [1.54, 1.807) is 28.4 Å². The summed E-state index contributed by atoms with van der Waals surface area (Å²) in [5, 5.41) is 2.02. The molecule has 1 aromatic carbocycles. The number of carbonyl (C=O) groups is 1. The van der Waals surface area contributed by atoms with E-state index in [1.807, 2.05) is 17.5 Å². The Balaban J connectivity index is 0.00000196. The van der Waals surface area contributed by atoms with E-state index < -0.39 is 0 Å². The molecule has 0 radical (unpaired) electrons. The second kappa shape index (κ2) is 7.47. The van der Waals surface area contributed by atoms with E-state index in [2.05, 4.69) is 4.90 Å². The molecule has 5 nitrogen and oxygen atoms in total. The molecule has 1 fully saturated rings. The molecule has 2 N–H and O–H groups in total. The van der Waals surface area contributed by atoms with Crippen molar-refractivity contribution in [1.82, 2.24) is 9.88 Å². The quantitative estimate of drug-likeness (QED) is 0.722. The number of carbonyl (C=O) groups excluding carboxylic acids is 1. The number of piperazine rings is 1. The molecule has 136 valence electrons. The molecule has 0 atom stereocenters. The van der Waals surface area contributed by atoms with Crippen LogP contribution in [0.5, 0.6) is 0 Å². The fourth-order valence-electron chi connectivity index (χ4n) is 3.11. The van der Waals surface area contributed by atoms with Crippen molar-refractivity contribution in [3.8, 4) is 11.3 Å². The smallest absolute Gasteiger partial charge is 0.314 e. The summed E-state index contributed by atoms with van der Waals surface area (Å²) in [5.41, 5.74) is 9.10. The number of nitrogens with zero attached hydrogens (tertiary/aromatic N) is 3. The normalized spacial score (nSPS) is 14.3. The lowest BCUT2D eigenvalue weighted by atomic mass is 10.1. The molecule has 1 saturated heterocycles. The van der Waals surface area contributed by atoms with Crippen LogP contribution in [0.3, 0.4) is 0 Å². The molecule has 2 amide bonds. The van der Waals surface area contributed by atoms with Crippen molar-refractivity contribution in [2.75, 3.05) is 31.1 Å². The average molecular weight is 393 g/mol. The zero-order valence-electron chi connectivity index (χ0n) is 13.9. The summed E-state index contributed by atoms with van der Waals surface area (Å²) in [6, 6.07) is 10.0. The molecular formula is C18H18ClFN4OS. The number of aromatic nitrogens is 1. The molecule has 8 heteroatoms. The lowest BCUT2D eigenvalue weighted by molar-refractivity contribution is 0.204. The third-order valence-electron chi connectivity index (χ3n) is 4.46. The van der Waals surface area contributed by atoms with Crippen molar-refractivity contribution in [1.29, 1.82) is 0 Å². The molecule has 2 aromatic heterocycles. The highest BCUT2D eigenvalue weighted by Gasteiger charge is 2.22. The Morgan fingerprint density at radius 2 is 1.81 bits per heavy atom. The van der Waals surface area contributed by atoms with Gasteiger partial charge in [0, 0.05) is 31.7 Å². The summed E-state index contributed by atoms with van der Waals surface area (Å²) in [4.78, 5) is 20.0. The first-order valence-corrected chi connectivity index (χ1v) is 8.93. The van der Waals surface area contributed by atoms with Crippen LogP contribution in [0, 0.1) is 5.82 Å². The van der Waals surface area contributed by atoms with Gasteiger partial charge in [-0.2, -0.15) is 0 Å². The highest BCUT2D eigenvalue weighted by molar-refractivity contribution is 7.17. The summed E-state index contributed by atoms with van der Waals surface area (Å²) in [6.45, 7) is 2.67. The maximum atomic E-state index is 13.2. The molecule has 1 aliphatic heterocycles. The summed E-state index contributed by atoms with van der Waals surface area (Å²) in [5.74, 6) is -0.261. The molecule has 0 saturated carbocycles. The molecule has 0 bridgehead atoms. The van der Waals surface area contributed by atoms with Crippen LogP contribution in [0.15, 0.2) is 41.8 Å². The van der Waals surface area contributed by atoms with Crippen LogP contribution < -0.4 is 10.6 Å². The molecule has 26 heavy (non-hydrogen) atoms. The molecular weight excluding hydrogens is 375 g/mol. The predicted octanol–water partition coefficient (Wildman–Crippen LogP) is 3.72. The molecule has 3 aromatic rings. The molecule has 3 heterocycles. The van der Waals surface area contributed by atoms with E-state index in [9.17, 15) is 9.18 Å². The van der Waals surface area contributed by atoms with Gasteiger partial charge in [-0.3, -0.25) is 0 Å². The number of nitrogens with two attached hydrogens (primary N) is 1. The number of thiophene rings is 1. The van der Waals surface area contributed by atoms with Gasteiger partial charge in [0.1, 0.15) is 5.82 Å². The minimum atomic E-state index is -0.373. The van der Waals surface area contributed by atoms with Gasteiger partial charge >= 0.3 is 6.03 Å². The summed E-state index contributed by atoms with van der Waals surface area (Å²) in [7, 11) is 0. The minimum absolute atomic E-state index is 0. The van der Waals surface area contributed by atoms with Crippen molar-refractivity contribution in [2.45, 2.75) is 0 Å². The molecule has 0 spiro atoms. The number of hydrogen-bond acceptors (Lipinski definition) is 4. The maximum absolute atomic E-state index is 13.2. The van der Waals surface area contributed by atoms with Gasteiger partial charge in [-0.05, 0) is 41.8 Å². The Morgan fingerprint density at radius 1 is 1.12 bits per heavy atom. The Morgan fingerprint density at radius 3 is 2.46 bits per heavy atom. The lowest BCUT2D eigenvalue weighted by Gasteiger charge is -2.35. The highest BCUT2D eigenvalue weighted by atomic mass is 35.5. The number of pyridine rings is 1. The maximum Gasteiger partial charge on any atom is 0.314 e. The van der Waals surface area contributed by atoms with Crippen molar-refractivity contribution in [3.05, 3.63) is 47.6 Å². The van der Waals surface area contributed by atoms with Gasteiger partial charge in [0.05, 0.1) is 21.6 Å². The van der Waals surface area contributed by atoms with E-state index >= 15 is 0 Å². The van der Waals surface area contributed by atoms with Gasteiger partial charge in [0.2, 0.25) is 0 Å². The Labute approximate surface area is 160 Å². The van der Waals surface area contributed by atoms with Gasteiger partial charge in [0.15, 0.2) is 0 Å². The van der Waals surface area contributed by atoms with Crippen LogP contribution in [0.2, 0.25) is 0 Å². The second-order valence-electron chi connectivity index (χ2n) is 5.98. The second-order valence-corrected chi connectivity index (χ2v) is 6.90. The van der Waals surface area contributed by atoms with Crippen LogP contribution in [0.4, 0.5) is 14.9 Å². The monoisotopic (exact) mass is 392 g/mol. The van der Waals surface area contributed by atoms with Crippen LogP contribution in [-0.2, 0) is 0 Å². The number of fused-ring (bicyclic) bond motifs is 1. The standard InChI is InChI=1S/C18H17FN4OS.ClH/c19-13-3-1-12(2-4-13)15-11-16(17-14(21-15)5-10-25-17)22-6-8-23(9-7-22)18(20)24;/h1-5,10-11H,6-9H2,(H2,20,24);1H. The van der Waals surface area contributed by atoms with Crippen molar-refractivity contribution in [2.24, 2.45) is 5.73 Å². The van der Waals surface area contributed by atoms with Gasteiger partial charge in [0.25, 0.3) is 0 Å². The first kappa shape index (κ1) is 18.4. The Bertz CT molecular complexity index is 923. The van der Waals surface area contributed by atoms with E-state index in [1.165, 1.54) is 12.1 Å². The third kappa shape index (κ3) is 3.45. The van der Waals surface area contributed by atoms with E-state index in [0.29, 0.717) is 13.1 Å². The molecule has 0 unspecified atom stereocenters. The Kier molecular flexibility index (Phi) is 5.29. The number of amides is 2. The van der Waals surface area contributed by atoms with Crippen LogP contribution in [0.1, 0.15) is 0 Å². The summed E-state index contributed by atoms with van der Waals surface area (Å²) in [6.07, 6.45) is 0. The number of benzene rings is 1. The molecule has 0 aliphatic carbocycles. The lowest BCUT2D eigenvalue weighted by Crippen LogP contribution is -2.50. The van der Waals surface area contributed by atoms with Gasteiger partial charge in [-0.25, -0.2) is 14.2 Å². The number of halogens is 2.